The maximum Gasteiger partial charge on any atom is 0.257 e. The van der Waals surface area contributed by atoms with E-state index in [9.17, 15) is 0 Å². The highest BCUT2D eigenvalue weighted by Gasteiger charge is 2.29. The molecule has 0 spiro atoms. The molecule has 1 saturated heterocycles. The molecule has 28 heavy (non-hydrogen) atoms. The van der Waals surface area contributed by atoms with Gasteiger partial charge < -0.3 is 14.8 Å². The molecule has 2 bridgehead atoms. The first-order valence-electron chi connectivity index (χ1n) is 9.88. The molecular formula is C19H25N7O2. The molecule has 2 unspecified atom stereocenters. The molecule has 0 aromatic carbocycles. The smallest absolute Gasteiger partial charge is 0.257 e. The number of nitrogens with one attached hydrogen (secondary N) is 1. The van der Waals surface area contributed by atoms with Gasteiger partial charge in [-0.05, 0) is 20.3 Å². The van der Waals surface area contributed by atoms with Crippen LogP contribution in [0.5, 0.6) is 5.88 Å². The number of hydrogen-bond acceptors (Lipinski definition) is 7. The average molecular weight is 383 g/mol. The summed E-state index contributed by atoms with van der Waals surface area (Å²) < 4.78 is 15.7. The molecule has 3 aromatic heterocycles. The Morgan fingerprint density at radius 1 is 1.21 bits per heavy atom. The summed E-state index contributed by atoms with van der Waals surface area (Å²) in [5.41, 5.74) is 3.66. The van der Waals surface area contributed by atoms with Crippen molar-refractivity contribution in [2.24, 2.45) is 5.92 Å². The van der Waals surface area contributed by atoms with E-state index in [1.165, 1.54) is 0 Å². The molecule has 0 amide bonds. The van der Waals surface area contributed by atoms with Gasteiger partial charge in [-0.3, -0.25) is 4.68 Å². The minimum atomic E-state index is 0.298. The van der Waals surface area contributed by atoms with Crippen LogP contribution >= 0.6 is 0 Å². The molecule has 148 valence electrons. The molecule has 9 nitrogen and oxygen atoms in total. The van der Waals surface area contributed by atoms with Crippen molar-refractivity contribution in [2.75, 3.05) is 25.1 Å². The largest absolute Gasteiger partial charge is 0.475 e. The fourth-order valence-electron chi connectivity index (χ4n) is 4.11. The van der Waals surface area contributed by atoms with Crippen molar-refractivity contribution in [3.63, 3.8) is 0 Å². The summed E-state index contributed by atoms with van der Waals surface area (Å²) in [5.74, 6) is 1.54. The molecule has 0 radical (unpaired) electrons. The van der Waals surface area contributed by atoms with Crippen LogP contribution in [-0.4, -0.2) is 49.3 Å². The van der Waals surface area contributed by atoms with E-state index in [2.05, 4.69) is 33.9 Å². The summed E-state index contributed by atoms with van der Waals surface area (Å²) in [4.78, 5) is 9.22. The van der Waals surface area contributed by atoms with Gasteiger partial charge in [0.25, 0.3) is 5.88 Å². The molecule has 9 heteroatoms. The Labute approximate surface area is 163 Å². The van der Waals surface area contributed by atoms with Gasteiger partial charge in [-0.2, -0.15) is 10.1 Å². The maximum atomic E-state index is 6.07. The Hall–Kier alpha value is -2.68. The summed E-state index contributed by atoms with van der Waals surface area (Å²) in [5, 5.41) is 13.7. The second-order valence-electron chi connectivity index (χ2n) is 7.68. The molecule has 1 fully saturated rings. The van der Waals surface area contributed by atoms with Gasteiger partial charge in [-0.15, -0.1) is 5.10 Å². The van der Waals surface area contributed by atoms with Gasteiger partial charge in [-0.1, -0.05) is 6.92 Å². The van der Waals surface area contributed by atoms with Crippen molar-refractivity contribution in [2.45, 2.75) is 46.2 Å². The van der Waals surface area contributed by atoms with E-state index in [1.807, 2.05) is 17.8 Å². The van der Waals surface area contributed by atoms with Crippen molar-refractivity contribution >= 4 is 22.7 Å². The van der Waals surface area contributed by atoms with Crippen LogP contribution in [0.1, 0.15) is 37.2 Å². The van der Waals surface area contributed by atoms with E-state index in [4.69, 9.17) is 19.6 Å². The fourth-order valence-corrected chi connectivity index (χ4v) is 4.11. The lowest BCUT2D eigenvalue weighted by molar-refractivity contribution is 0.0240. The molecule has 0 aliphatic carbocycles. The van der Waals surface area contributed by atoms with Crippen molar-refractivity contribution in [3.05, 3.63) is 17.6 Å². The summed E-state index contributed by atoms with van der Waals surface area (Å²) in [6, 6.07) is 0.298. The zero-order valence-electron chi connectivity index (χ0n) is 16.5. The number of anilines is 2. The Morgan fingerprint density at radius 3 is 2.96 bits per heavy atom. The van der Waals surface area contributed by atoms with Crippen molar-refractivity contribution in [1.82, 2.24) is 29.5 Å². The number of fused-ring (bicyclic) bond motifs is 2. The number of rotatable bonds is 1. The standard InChI is InChI=1S/C19H25N7O2/c1-11-10-27-8-5-15(11)26-13(3)16-18(24-26)28-7-4-6-25-17-14(12(2)23-25)9-20-19(21-16)22-17/h9,11,15H,4-8,10H2,1-3H3,(H,20,21,22). The topological polar surface area (TPSA) is 91.9 Å². The molecule has 5 rings (SSSR count). The monoisotopic (exact) mass is 383 g/mol. The van der Waals surface area contributed by atoms with Crippen LogP contribution in [0.25, 0.3) is 11.0 Å². The Morgan fingerprint density at radius 2 is 2.11 bits per heavy atom. The second kappa shape index (κ2) is 6.73. The van der Waals surface area contributed by atoms with Crippen LogP contribution in [0, 0.1) is 19.8 Å². The Kier molecular flexibility index (Phi) is 4.19. The zero-order valence-corrected chi connectivity index (χ0v) is 16.5. The highest BCUT2D eigenvalue weighted by atomic mass is 16.5. The molecule has 1 N–H and O–H groups in total. The van der Waals surface area contributed by atoms with E-state index in [1.54, 1.807) is 0 Å². The summed E-state index contributed by atoms with van der Waals surface area (Å²) in [7, 11) is 0. The predicted octanol–water partition coefficient (Wildman–Crippen LogP) is 2.76. The van der Waals surface area contributed by atoms with Crippen LogP contribution < -0.4 is 10.1 Å². The summed E-state index contributed by atoms with van der Waals surface area (Å²) in [6.45, 7) is 9.08. The average Bonchev–Trinajstić information content (AvgIpc) is 3.16. The molecule has 3 aromatic rings. The van der Waals surface area contributed by atoms with Crippen LogP contribution in [0.15, 0.2) is 6.20 Å². The van der Waals surface area contributed by atoms with Crippen LogP contribution in [0.2, 0.25) is 0 Å². The lowest BCUT2D eigenvalue weighted by Crippen LogP contribution is -2.29. The van der Waals surface area contributed by atoms with Gasteiger partial charge in [0, 0.05) is 31.7 Å². The lowest BCUT2D eigenvalue weighted by atomic mass is 9.98. The van der Waals surface area contributed by atoms with Gasteiger partial charge in [0.15, 0.2) is 5.65 Å². The first-order valence-corrected chi connectivity index (χ1v) is 9.88. The number of aromatic nitrogens is 6. The number of nitrogens with zero attached hydrogens (tertiary/aromatic N) is 6. The fraction of sp³-hybridized carbons (Fsp3) is 0.579. The SMILES string of the molecule is Cc1nn2c3nc(ncc13)Nc1c(nn(C3CCOCC3C)c1C)OCCC2. The van der Waals surface area contributed by atoms with Crippen LogP contribution in [0.3, 0.4) is 0 Å². The molecule has 2 aliphatic heterocycles. The van der Waals surface area contributed by atoms with Gasteiger partial charge in [-0.25, -0.2) is 9.67 Å². The highest BCUT2D eigenvalue weighted by molar-refractivity contribution is 5.79. The van der Waals surface area contributed by atoms with Crippen molar-refractivity contribution in [1.29, 1.82) is 0 Å². The molecule has 2 aliphatic rings. The predicted molar refractivity (Wildman–Crippen MR) is 104 cm³/mol. The van der Waals surface area contributed by atoms with Gasteiger partial charge in [0.05, 0.1) is 36.0 Å². The molecule has 2 atom stereocenters. The first kappa shape index (κ1) is 17.4. The normalized spacial score (nSPS) is 22.4. The van der Waals surface area contributed by atoms with Gasteiger partial charge >= 0.3 is 0 Å². The van der Waals surface area contributed by atoms with Crippen molar-refractivity contribution < 1.29 is 9.47 Å². The van der Waals surface area contributed by atoms with E-state index < -0.39 is 0 Å². The molecular weight excluding hydrogens is 358 g/mol. The summed E-state index contributed by atoms with van der Waals surface area (Å²) >= 11 is 0. The maximum absolute atomic E-state index is 6.07. The van der Waals surface area contributed by atoms with E-state index in [0.717, 1.165) is 60.7 Å². The quantitative estimate of drug-likeness (QED) is 0.691. The van der Waals surface area contributed by atoms with Gasteiger partial charge in [0.2, 0.25) is 5.95 Å². The zero-order chi connectivity index (χ0) is 19.3. The van der Waals surface area contributed by atoms with E-state index in [0.29, 0.717) is 30.4 Å². The van der Waals surface area contributed by atoms with Crippen LogP contribution in [-0.2, 0) is 11.3 Å². The minimum absolute atomic E-state index is 0.298. The van der Waals surface area contributed by atoms with E-state index >= 15 is 0 Å². The van der Waals surface area contributed by atoms with Crippen molar-refractivity contribution in [3.8, 4) is 5.88 Å². The third-order valence-electron chi connectivity index (χ3n) is 5.69. The third-order valence-corrected chi connectivity index (χ3v) is 5.69. The molecule has 5 heterocycles. The summed E-state index contributed by atoms with van der Waals surface area (Å²) in [6.07, 6.45) is 3.61. The Bertz CT molecular complexity index is 1030. The highest BCUT2D eigenvalue weighted by Crippen LogP contribution is 2.36. The minimum Gasteiger partial charge on any atom is -0.475 e. The van der Waals surface area contributed by atoms with Gasteiger partial charge in [0.1, 0.15) is 5.69 Å². The third kappa shape index (κ3) is 2.81. The van der Waals surface area contributed by atoms with E-state index in [-0.39, 0.29) is 0 Å². The number of aryl methyl sites for hydroxylation is 2. The second-order valence-corrected chi connectivity index (χ2v) is 7.68. The first-order chi connectivity index (χ1) is 13.6. The van der Waals surface area contributed by atoms with Crippen LogP contribution in [0.4, 0.5) is 11.6 Å². The number of ether oxygens (including phenoxy) is 2. The number of hydrogen-bond donors (Lipinski definition) is 1. The Balaban J connectivity index is 1.58. The lowest BCUT2D eigenvalue weighted by Gasteiger charge is -2.29. The molecule has 0 saturated carbocycles.